The Balaban J connectivity index is 2.66. The van der Waals surface area contributed by atoms with Gasteiger partial charge in [0.2, 0.25) is 0 Å². The van der Waals surface area contributed by atoms with Gasteiger partial charge in [0.25, 0.3) is 5.69 Å². The van der Waals surface area contributed by atoms with Crippen LogP contribution in [0.3, 0.4) is 0 Å². The van der Waals surface area contributed by atoms with Crippen LogP contribution in [0, 0.1) is 10.1 Å². The number of carbonyl (C=O) groups is 1. The van der Waals surface area contributed by atoms with Gasteiger partial charge in [0.05, 0.1) is 17.7 Å². The van der Waals surface area contributed by atoms with E-state index in [1.807, 2.05) is 6.92 Å². The summed E-state index contributed by atoms with van der Waals surface area (Å²) in [6.45, 7) is 2.18. The van der Waals surface area contributed by atoms with E-state index in [4.69, 9.17) is 4.74 Å². The van der Waals surface area contributed by atoms with Gasteiger partial charge >= 0.3 is 5.97 Å². The molecule has 0 amide bonds. The predicted octanol–water partition coefficient (Wildman–Crippen LogP) is 1.49. The van der Waals surface area contributed by atoms with Crippen LogP contribution in [-0.2, 0) is 4.74 Å². The number of H-pyrrole nitrogens is 1. The number of ether oxygens (including phenoxy) is 1. The topological polar surface area (TPSA) is 85.2 Å². The summed E-state index contributed by atoms with van der Waals surface area (Å²) < 4.78 is 4.78. The van der Waals surface area contributed by atoms with E-state index >= 15 is 0 Å². The zero-order valence-electron chi connectivity index (χ0n) is 7.65. The molecule has 0 aliphatic carbocycles. The summed E-state index contributed by atoms with van der Waals surface area (Å²) in [5.41, 5.74) is -0.0430. The lowest BCUT2D eigenvalue weighted by Crippen LogP contribution is -2.05. The number of carbonyl (C=O) groups excluding carboxylic acids is 1. The smallest absolute Gasteiger partial charge is 0.354 e. The van der Waals surface area contributed by atoms with E-state index < -0.39 is 10.9 Å². The third-order valence-electron chi connectivity index (χ3n) is 1.54. The molecule has 0 atom stereocenters. The Kier molecular flexibility index (Phi) is 3.22. The van der Waals surface area contributed by atoms with Gasteiger partial charge in [-0.15, -0.1) is 0 Å². The van der Waals surface area contributed by atoms with Gasteiger partial charge in [0, 0.05) is 6.07 Å². The van der Waals surface area contributed by atoms with Crippen molar-refractivity contribution in [1.29, 1.82) is 0 Å². The molecule has 6 nitrogen and oxygen atoms in total. The first-order valence-electron chi connectivity index (χ1n) is 4.15. The Morgan fingerprint density at radius 2 is 2.43 bits per heavy atom. The molecule has 0 fully saturated rings. The molecule has 0 aliphatic heterocycles. The van der Waals surface area contributed by atoms with E-state index in [0.717, 1.165) is 12.3 Å². The normalized spacial score (nSPS) is 9.79. The van der Waals surface area contributed by atoms with Crippen molar-refractivity contribution in [2.75, 3.05) is 6.61 Å². The lowest BCUT2D eigenvalue weighted by Gasteiger charge is -1.98. The molecule has 1 rings (SSSR count). The third-order valence-corrected chi connectivity index (χ3v) is 1.54. The number of esters is 1. The van der Waals surface area contributed by atoms with E-state index in [-0.39, 0.29) is 11.4 Å². The Bertz CT molecular complexity index is 345. The highest BCUT2D eigenvalue weighted by Crippen LogP contribution is 2.12. The first kappa shape index (κ1) is 10.2. The van der Waals surface area contributed by atoms with Crippen molar-refractivity contribution in [3.63, 3.8) is 0 Å². The number of hydrogen-bond donors (Lipinski definition) is 1. The van der Waals surface area contributed by atoms with Gasteiger partial charge in [0.1, 0.15) is 5.69 Å². The molecule has 1 aromatic rings. The standard InChI is InChI=1S/C8H10N2O4/c1-2-3-14-8(11)7-4-6(5-9-7)10(12)13/h4-5,9H,2-3H2,1H3. The number of nitrogens with zero attached hydrogens (tertiary/aromatic N) is 1. The average molecular weight is 198 g/mol. The number of rotatable bonds is 4. The summed E-state index contributed by atoms with van der Waals surface area (Å²) in [5.74, 6) is -0.569. The zero-order valence-corrected chi connectivity index (χ0v) is 7.65. The van der Waals surface area contributed by atoms with Gasteiger partial charge in [0.15, 0.2) is 0 Å². The number of nitrogens with one attached hydrogen (secondary N) is 1. The molecule has 6 heteroatoms. The highest BCUT2D eigenvalue weighted by molar-refractivity contribution is 5.88. The second kappa shape index (κ2) is 4.40. The Morgan fingerprint density at radius 1 is 1.71 bits per heavy atom. The Hall–Kier alpha value is -1.85. The second-order valence-corrected chi connectivity index (χ2v) is 2.66. The van der Waals surface area contributed by atoms with Gasteiger partial charge in [-0.2, -0.15) is 0 Å². The van der Waals surface area contributed by atoms with Crippen molar-refractivity contribution >= 4 is 11.7 Å². The molecule has 1 aromatic heterocycles. The highest BCUT2D eigenvalue weighted by atomic mass is 16.6. The molecular weight excluding hydrogens is 188 g/mol. The summed E-state index contributed by atoms with van der Waals surface area (Å²) in [7, 11) is 0. The van der Waals surface area contributed by atoms with Gasteiger partial charge in [-0.05, 0) is 6.42 Å². The summed E-state index contributed by atoms with van der Waals surface area (Å²) >= 11 is 0. The third kappa shape index (κ3) is 2.32. The predicted molar refractivity (Wildman–Crippen MR) is 48.0 cm³/mol. The summed E-state index contributed by atoms with van der Waals surface area (Å²) in [6.07, 6.45) is 1.87. The van der Waals surface area contributed by atoms with Crippen molar-refractivity contribution in [2.24, 2.45) is 0 Å². The first-order chi connectivity index (χ1) is 6.65. The molecule has 0 aliphatic rings. The molecule has 0 unspecified atom stereocenters. The lowest BCUT2D eigenvalue weighted by molar-refractivity contribution is -0.384. The number of hydrogen-bond acceptors (Lipinski definition) is 4. The minimum absolute atomic E-state index is 0.102. The van der Waals surface area contributed by atoms with E-state index in [1.165, 1.54) is 0 Å². The highest BCUT2D eigenvalue weighted by Gasteiger charge is 2.14. The molecule has 0 saturated carbocycles. The lowest BCUT2D eigenvalue weighted by atomic mass is 10.4. The number of aromatic nitrogens is 1. The van der Waals surface area contributed by atoms with Crippen LogP contribution in [0.1, 0.15) is 23.8 Å². The fourth-order valence-electron chi connectivity index (χ4n) is 0.879. The van der Waals surface area contributed by atoms with E-state index in [9.17, 15) is 14.9 Å². The van der Waals surface area contributed by atoms with Gasteiger partial charge in [-0.1, -0.05) is 6.92 Å². The maximum Gasteiger partial charge on any atom is 0.354 e. The van der Waals surface area contributed by atoms with E-state index in [0.29, 0.717) is 13.0 Å². The molecule has 1 N–H and O–H groups in total. The van der Waals surface area contributed by atoms with Crippen LogP contribution in [-0.4, -0.2) is 22.5 Å². The summed E-state index contributed by atoms with van der Waals surface area (Å²) in [4.78, 5) is 23.4. The number of aromatic amines is 1. The van der Waals surface area contributed by atoms with Gasteiger partial charge in [-0.25, -0.2) is 4.79 Å². The fourth-order valence-corrected chi connectivity index (χ4v) is 0.879. The quantitative estimate of drug-likeness (QED) is 0.451. The Labute approximate surface area is 80.0 Å². The zero-order chi connectivity index (χ0) is 10.6. The van der Waals surface area contributed by atoms with Gasteiger partial charge < -0.3 is 9.72 Å². The van der Waals surface area contributed by atoms with Gasteiger partial charge in [-0.3, -0.25) is 10.1 Å². The van der Waals surface area contributed by atoms with Crippen LogP contribution in [0.5, 0.6) is 0 Å². The molecule has 0 spiro atoms. The molecule has 76 valence electrons. The van der Waals surface area contributed by atoms with Crippen LogP contribution in [0.25, 0.3) is 0 Å². The van der Waals surface area contributed by atoms with Crippen molar-refractivity contribution in [3.8, 4) is 0 Å². The molecule has 0 saturated heterocycles. The largest absolute Gasteiger partial charge is 0.461 e. The van der Waals surface area contributed by atoms with Crippen molar-refractivity contribution in [1.82, 2.24) is 4.98 Å². The fraction of sp³-hybridized carbons (Fsp3) is 0.375. The maximum atomic E-state index is 11.2. The van der Waals surface area contributed by atoms with Crippen molar-refractivity contribution < 1.29 is 14.5 Å². The van der Waals surface area contributed by atoms with Crippen LogP contribution in [0.2, 0.25) is 0 Å². The van der Waals surface area contributed by atoms with Crippen molar-refractivity contribution in [3.05, 3.63) is 28.1 Å². The molecule has 1 heterocycles. The monoisotopic (exact) mass is 198 g/mol. The van der Waals surface area contributed by atoms with E-state index in [1.54, 1.807) is 0 Å². The molecule has 0 aromatic carbocycles. The first-order valence-corrected chi connectivity index (χ1v) is 4.15. The minimum Gasteiger partial charge on any atom is -0.461 e. The Morgan fingerprint density at radius 3 is 2.93 bits per heavy atom. The van der Waals surface area contributed by atoms with Crippen LogP contribution >= 0.6 is 0 Å². The SMILES string of the molecule is CCCOC(=O)c1cc([N+](=O)[O-])c[nH]1. The maximum absolute atomic E-state index is 11.2. The number of nitro groups is 1. The summed E-state index contributed by atoms with van der Waals surface area (Å²) in [5, 5.41) is 10.3. The molecule has 0 bridgehead atoms. The van der Waals surface area contributed by atoms with Crippen LogP contribution in [0.4, 0.5) is 5.69 Å². The van der Waals surface area contributed by atoms with Crippen LogP contribution in [0.15, 0.2) is 12.3 Å². The van der Waals surface area contributed by atoms with Crippen LogP contribution < -0.4 is 0 Å². The second-order valence-electron chi connectivity index (χ2n) is 2.66. The van der Waals surface area contributed by atoms with E-state index in [2.05, 4.69) is 4.98 Å². The average Bonchev–Trinajstić information content (AvgIpc) is 2.62. The minimum atomic E-state index is -0.576. The molecular formula is C8H10N2O4. The molecule has 0 radical (unpaired) electrons. The van der Waals surface area contributed by atoms with Crippen molar-refractivity contribution in [2.45, 2.75) is 13.3 Å². The summed E-state index contributed by atoms with van der Waals surface area (Å²) in [6, 6.07) is 1.15. The molecule has 14 heavy (non-hydrogen) atoms.